The molecule has 0 aliphatic heterocycles. The van der Waals surface area contributed by atoms with Crippen LogP contribution >= 0.6 is 11.3 Å². The van der Waals surface area contributed by atoms with Crippen molar-refractivity contribution in [2.45, 2.75) is 6.92 Å². The minimum Gasteiger partial charge on any atom is -0.332 e. The molecule has 0 aliphatic rings. The topological polar surface area (TPSA) is 42.0 Å². The highest BCUT2D eigenvalue weighted by molar-refractivity contribution is 7.17. The van der Waals surface area contributed by atoms with Crippen LogP contribution in [0.1, 0.15) is 20.8 Å². The van der Waals surface area contributed by atoms with Crippen LogP contribution in [-0.4, -0.2) is 10.8 Å². The largest absolute Gasteiger partial charge is 0.332 e. The monoisotopic (exact) mass is 294 g/mol. The number of nitrogens with zero attached hydrogens (tertiary/aromatic N) is 1. The Kier molecular flexibility index (Phi) is 3.79. The van der Waals surface area contributed by atoms with E-state index in [2.05, 4.69) is 10.3 Å². The molecule has 0 amide bonds. The van der Waals surface area contributed by atoms with Gasteiger partial charge in [-0.15, -0.1) is 0 Å². The maximum absolute atomic E-state index is 12.5. The third-order valence-corrected chi connectivity index (χ3v) is 4.06. The number of ketones is 1. The van der Waals surface area contributed by atoms with E-state index >= 15 is 0 Å². The molecule has 4 heteroatoms. The summed E-state index contributed by atoms with van der Waals surface area (Å²) in [6.45, 7) is 1.94. The zero-order valence-electron chi connectivity index (χ0n) is 11.5. The fourth-order valence-corrected chi connectivity index (χ4v) is 2.83. The van der Waals surface area contributed by atoms with Gasteiger partial charge in [0.2, 0.25) is 5.78 Å². The predicted octanol–water partition coefficient (Wildman–Crippen LogP) is 4.43. The summed E-state index contributed by atoms with van der Waals surface area (Å²) in [7, 11) is 0. The zero-order valence-corrected chi connectivity index (χ0v) is 12.4. The van der Waals surface area contributed by atoms with E-state index in [4.69, 9.17) is 0 Å². The molecule has 104 valence electrons. The molecule has 21 heavy (non-hydrogen) atoms. The van der Waals surface area contributed by atoms with Crippen LogP contribution in [0.4, 0.5) is 10.8 Å². The van der Waals surface area contributed by atoms with Crippen LogP contribution in [0.5, 0.6) is 0 Å². The van der Waals surface area contributed by atoms with Gasteiger partial charge in [0.25, 0.3) is 0 Å². The molecule has 1 N–H and O–H groups in total. The number of benzene rings is 2. The van der Waals surface area contributed by atoms with E-state index in [9.17, 15) is 4.79 Å². The predicted molar refractivity (Wildman–Crippen MR) is 86.5 cm³/mol. The lowest BCUT2D eigenvalue weighted by molar-refractivity contribution is 0.104. The highest BCUT2D eigenvalue weighted by Gasteiger charge is 2.14. The average molecular weight is 294 g/mol. The first-order chi connectivity index (χ1) is 10.2. The number of rotatable bonds is 4. The second-order valence-corrected chi connectivity index (χ2v) is 5.70. The van der Waals surface area contributed by atoms with Crippen LogP contribution < -0.4 is 5.32 Å². The van der Waals surface area contributed by atoms with Crippen molar-refractivity contribution in [2.75, 3.05) is 5.32 Å². The Balaban J connectivity index is 1.82. The van der Waals surface area contributed by atoms with Gasteiger partial charge in [0, 0.05) is 11.3 Å². The Hall–Kier alpha value is -2.46. The molecule has 0 spiro atoms. The molecule has 0 atom stereocenters. The molecule has 3 nitrogen and oxygen atoms in total. The van der Waals surface area contributed by atoms with Crippen LogP contribution in [0.15, 0.2) is 60.8 Å². The Morgan fingerprint density at radius 2 is 1.76 bits per heavy atom. The number of thiazole rings is 1. The smallest absolute Gasteiger partial charge is 0.204 e. The molecule has 1 heterocycles. The molecule has 0 aliphatic carbocycles. The van der Waals surface area contributed by atoms with Gasteiger partial charge in [0.05, 0.1) is 11.1 Å². The Morgan fingerprint density at radius 1 is 1.05 bits per heavy atom. The van der Waals surface area contributed by atoms with E-state index in [1.807, 2.05) is 61.5 Å². The lowest BCUT2D eigenvalue weighted by atomic mass is 10.0. The van der Waals surface area contributed by atoms with Gasteiger partial charge in [0.1, 0.15) is 0 Å². The summed E-state index contributed by atoms with van der Waals surface area (Å²) >= 11 is 1.37. The third-order valence-electron chi connectivity index (χ3n) is 3.14. The van der Waals surface area contributed by atoms with Crippen molar-refractivity contribution in [3.05, 3.63) is 76.8 Å². The van der Waals surface area contributed by atoms with E-state index < -0.39 is 0 Å². The maximum atomic E-state index is 12.5. The van der Waals surface area contributed by atoms with Gasteiger partial charge in [-0.1, -0.05) is 53.8 Å². The van der Waals surface area contributed by atoms with Crippen molar-refractivity contribution < 1.29 is 4.79 Å². The van der Waals surface area contributed by atoms with Crippen LogP contribution in [-0.2, 0) is 0 Å². The summed E-state index contributed by atoms with van der Waals surface area (Å²) in [5.41, 5.74) is 2.67. The van der Waals surface area contributed by atoms with Crippen LogP contribution in [0.2, 0.25) is 0 Å². The molecule has 0 unspecified atom stereocenters. The van der Waals surface area contributed by atoms with Crippen LogP contribution in [0.25, 0.3) is 0 Å². The number of anilines is 2. The second kappa shape index (κ2) is 5.89. The van der Waals surface area contributed by atoms with E-state index in [1.54, 1.807) is 6.20 Å². The van der Waals surface area contributed by atoms with E-state index in [-0.39, 0.29) is 5.78 Å². The molecule has 0 radical (unpaired) electrons. The van der Waals surface area contributed by atoms with Gasteiger partial charge in [-0.25, -0.2) is 4.98 Å². The minimum absolute atomic E-state index is 0.0201. The van der Waals surface area contributed by atoms with Crippen molar-refractivity contribution in [1.29, 1.82) is 0 Å². The summed E-state index contributed by atoms with van der Waals surface area (Å²) in [4.78, 5) is 17.4. The quantitative estimate of drug-likeness (QED) is 0.724. The third kappa shape index (κ3) is 3.01. The van der Waals surface area contributed by atoms with Gasteiger partial charge in [0.15, 0.2) is 5.13 Å². The Labute approximate surface area is 127 Å². The van der Waals surface area contributed by atoms with Gasteiger partial charge < -0.3 is 5.32 Å². The van der Waals surface area contributed by atoms with E-state index in [1.165, 1.54) is 11.3 Å². The molecule has 0 bridgehead atoms. The van der Waals surface area contributed by atoms with Gasteiger partial charge >= 0.3 is 0 Å². The van der Waals surface area contributed by atoms with Crippen molar-refractivity contribution in [3.8, 4) is 0 Å². The summed E-state index contributed by atoms with van der Waals surface area (Å²) in [5, 5.41) is 3.92. The van der Waals surface area contributed by atoms with Crippen LogP contribution in [0.3, 0.4) is 0 Å². The highest BCUT2D eigenvalue weighted by Crippen LogP contribution is 2.25. The fourth-order valence-electron chi connectivity index (χ4n) is 2.04. The second-order valence-electron chi connectivity index (χ2n) is 4.66. The van der Waals surface area contributed by atoms with Crippen molar-refractivity contribution >= 4 is 27.9 Å². The number of carbonyl (C=O) groups excluding carboxylic acids is 1. The fraction of sp³-hybridized carbons (Fsp3) is 0.0588. The van der Waals surface area contributed by atoms with Crippen molar-refractivity contribution in [2.24, 2.45) is 0 Å². The summed E-state index contributed by atoms with van der Waals surface area (Å²) in [5.74, 6) is 0.0201. The molecule has 1 aromatic heterocycles. The number of hydrogen-bond acceptors (Lipinski definition) is 4. The van der Waals surface area contributed by atoms with Gasteiger partial charge in [-0.05, 0) is 24.6 Å². The molecule has 0 saturated heterocycles. The minimum atomic E-state index is 0.0201. The first kappa shape index (κ1) is 13.5. The van der Waals surface area contributed by atoms with E-state index in [0.717, 1.165) is 21.9 Å². The molecule has 2 aromatic carbocycles. The Morgan fingerprint density at radius 3 is 2.52 bits per heavy atom. The van der Waals surface area contributed by atoms with Gasteiger partial charge in [-0.3, -0.25) is 4.79 Å². The SMILES string of the molecule is Cc1ccccc1C(=O)c1cnc(Nc2ccccc2)s1. The first-order valence-electron chi connectivity index (χ1n) is 6.62. The molecular weight excluding hydrogens is 280 g/mol. The normalized spacial score (nSPS) is 10.3. The molecule has 0 saturated carbocycles. The average Bonchev–Trinajstić information content (AvgIpc) is 2.97. The zero-order chi connectivity index (χ0) is 14.7. The standard InChI is InChI=1S/C17H14N2OS/c1-12-7-5-6-10-14(12)16(20)15-11-18-17(21-15)19-13-8-3-2-4-9-13/h2-11H,1H3,(H,18,19). The number of para-hydroxylation sites is 1. The number of aryl methyl sites for hydroxylation is 1. The van der Waals surface area contributed by atoms with Crippen molar-refractivity contribution in [1.82, 2.24) is 4.98 Å². The lowest BCUT2D eigenvalue weighted by Crippen LogP contribution is -2.00. The number of hydrogen-bond donors (Lipinski definition) is 1. The summed E-state index contributed by atoms with van der Waals surface area (Å²) < 4.78 is 0. The van der Waals surface area contributed by atoms with Crippen LogP contribution in [0, 0.1) is 6.92 Å². The molecule has 3 aromatic rings. The van der Waals surface area contributed by atoms with E-state index in [0.29, 0.717) is 4.88 Å². The summed E-state index contributed by atoms with van der Waals surface area (Å²) in [6.07, 6.45) is 1.63. The maximum Gasteiger partial charge on any atom is 0.204 e. The number of aromatic nitrogens is 1. The molecule has 3 rings (SSSR count). The Bertz CT molecular complexity index is 765. The number of nitrogens with one attached hydrogen (secondary N) is 1. The lowest BCUT2D eigenvalue weighted by Gasteiger charge is -2.02. The number of carbonyl (C=O) groups is 1. The first-order valence-corrected chi connectivity index (χ1v) is 7.44. The van der Waals surface area contributed by atoms with Crippen molar-refractivity contribution in [3.63, 3.8) is 0 Å². The highest BCUT2D eigenvalue weighted by atomic mass is 32.1. The van der Waals surface area contributed by atoms with Gasteiger partial charge in [-0.2, -0.15) is 0 Å². The molecule has 0 fully saturated rings. The summed E-state index contributed by atoms with van der Waals surface area (Å²) in [6, 6.07) is 17.4. The molecular formula is C17H14N2OS.